The number of aromatic amines is 2. The van der Waals surface area contributed by atoms with Gasteiger partial charge in [-0.1, -0.05) is 0 Å². The van der Waals surface area contributed by atoms with Crippen molar-refractivity contribution < 1.29 is 4.74 Å². The van der Waals surface area contributed by atoms with Crippen LogP contribution in [0.5, 0.6) is 5.75 Å². The zero-order valence-electron chi connectivity index (χ0n) is 19.2. The maximum atomic E-state index is 6.19. The molecule has 10 heteroatoms. The highest BCUT2D eigenvalue weighted by atomic mass is 32.1. The van der Waals surface area contributed by atoms with E-state index >= 15 is 0 Å². The van der Waals surface area contributed by atoms with E-state index in [1.807, 2.05) is 24.3 Å². The molecule has 0 aromatic carbocycles. The van der Waals surface area contributed by atoms with Gasteiger partial charge in [-0.3, -0.25) is 10.1 Å². The second kappa shape index (κ2) is 8.81. The number of rotatable bonds is 5. The fourth-order valence-corrected chi connectivity index (χ4v) is 5.28. The van der Waals surface area contributed by atoms with E-state index in [-0.39, 0.29) is 6.10 Å². The molecule has 1 saturated heterocycles. The number of thiophene rings is 1. The largest absolute Gasteiger partial charge is 0.489 e. The van der Waals surface area contributed by atoms with E-state index < -0.39 is 0 Å². The molecule has 7 heterocycles. The van der Waals surface area contributed by atoms with Crippen LogP contribution in [0.2, 0.25) is 0 Å². The maximum absolute atomic E-state index is 6.19. The molecule has 0 aliphatic carbocycles. The summed E-state index contributed by atoms with van der Waals surface area (Å²) in [6, 6.07) is 10.0. The van der Waals surface area contributed by atoms with E-state index in [4.69, 9.17) is 14.7 Å². The molecule has 36 heavy (non-hydrogen) atoms. The molecule has 0 saturated carbocycles. The van der Waals surface area contributed by atoms with Gasteiger partial charge in [0.25, 0.3) is 0 Å². The van der Waals surface area contributed by atoms with Gasteiger partial charge in [-0.2, -0.15) is 16.4 Å². The predicted molar refractivity (Wildman–Crippen MR) is 140 cm³/mol. The van der Waals surface area contributed by atoms with Gasteiger partial charge in [0, 0.05) is 23.5 Å². The van der Waals surface area contributed by atoms with E-state index in [0.717, 1.165) is 70.6 Å². The average Bonchev–Trinajstić information content (AvgIpc) is 3.68. The van der Waals surface area contributed by atoms with Crippen LogP contribution in [0.15, 0.2) is 59.7 Å². The number of nitrogens with zero attached hydrogens (tertiary/aromatic N) is 5. The minimum absolute atomic E-state index is 0.208. The van der Waals surface area contributed by atoms with E-state index in [1.165, 1.54) is 0 Å². The van der Waals surface area contributed by atoms with E-state index in [2.05, 4.69) is 47.3 Å². The molecule has 0 spiro atoms. The molecular formula is C26H22N8OS. The van der Waals surface area contributed by atoms with Gasteiger partial charge in [0.15, 0.2) is 17.2 Å². The summed E-state index contributed by atoms with van der Waals surface area (Å²) in [5.74, 6) is 1.38. The van der Waals surface area contributed by atoms with Gasteiger partial charge >= 0.3 is 0 Å². The highest BCUT2D eigenvalue weighted by molar-refractivity contribution is 7.08. The second-order valence-corrected chi connectivity index (χ2v) is 9.57. The number of ether oxygens (including phenoxy) is 1. The van der Waals surface area contributed by atoms with Crippen LogP contribution in [0.4, 0.5) is 0 Å². The molecule has 0 amide bonds. The van der Waals surface area contributed by atoms with Crippen molar-refractivity contribution in [3.8, 4) is 39.7 Å². The molecule has 9 nitrogen and oxygen atoms in total. The summed E-state index contributed by atoms with van der Waals surface area (Å²) in [6.45, 7) is 1.96. The lowest BCUT2D eigenvalue weighted by molar-refractivity contribution is 0.162. The summed E-state index contributed by atoms with van der Waals surface area (Å²) < 4.78 is 6.19. The van der Waals surface area contributed by atoms with Crippen molar-refractivity contribution in [2.75, 3.05) is 13.1 Å². The third-order valence-corrected chi connectivity index (χ3v) is 7.13. The summed E-state index contributed by atoms with van der Waals surface area (Å²) in [5.41, 5.74) is 7.58. The number of fused-ring (bicyclic) bond motifs is 2. The number of aromatic nitrogens is 7. The van der Waals surface area contributed by atoms with Crippen molar-refractivity contribution in [3.05, 3.63) is 59.7 Å². The summed E-state index contributed by atoms with van der Waals surface area (Å²) in [5, 5.41) is 15.1. The molecule has 1 aliphatic rings. The Kier molecular flexibility index (Phi) is 5.18. The molecule has 6 aromatic heterocycles. The minimum atomic E-state index is 0.208. The van der Waals surface area contributed by atoms with E-state index in [9.17, 15) is 0 Å². The Morgan fingerprint density at radius 3 is 2.81 bits per heavy atom. The average molecular weight is 495 g/mol. The summed E-state index contributed by atoms with van der Waals surface area (Å²) in [4.78, 5) is 22.0. The summed E-state index contributed by atoms with van der Waals surface area (Å²) >= 11 is 1.66. The highest BCUT2D eigenvalue weighted by Gasteiger charge is 2.18. The van der Waals surface area contributed by atoms with E-state index in [0.29, 0.717) is 17.2 Å². The monoisotopic (exact) mass is 494 g/mol. The fraction of sp³-hybridized carbons (Fsp3) is 0.192. The second-order valence-electron chi connectivity index (χ2n) is 8.79. The molecule has 7 rings (SSSR count). The van der Waals surface area contributed by atoms with Crippen LogP contribution < -0.4 is 10.1 Å². The van der Waals surface area contributed by atoms with Crippen LogP contribution in [-0.4, -0.2) is 54.3 Å². The third kappa shape index (κ3) is 3.80. The quantitative estimate of drug-likeness (QED) is 0.315. The van der Waals surface area contributed by atoms with Crippen molar-refractivity contribution in [2.24, 2.45) is 0 Å². The zero-order valence-corrected chi connectivity index (χ0v) is 20.0. The SMILES string of the molecule is c1cc(-c2ccsc2)c2nc(-c3n[nH]c4ccc(-c5cncc(OC6CCNCC6)c5)nc34)[nH]c2n1. The Morgan fingerprint density at radius 2 is 1.92 bits per heavy atom. The molecule has 178 valence electrons. The van der Waals surface area contributed by atoms with Gasteiger partial charge in [-0.25, -0.2) is 15.0 Å². The lowest BCUT2D eigenvalue weighted by atomic mass is 10.1. The van der Waals surface area contributed by atoms with Crippen LogP contribution in [0.3, 0.4) is 0 Å². The third-order valence-electron chi connectivity index (χ3n) is 6.45. The first kappa shape index (κ1) is 21.2. The fourth-order valence-electron chi connectivity index (χ4n) is 4.63. The number of hydrogen-bond acceptors (Lipinski definition) is 8. The van der Waals surface area contributed by atoms with Crippen molar-refractivity contribution >= 4 is 33.5 Å². The number of piperidine rings is 1. The summed E-state index contributed by atoms with van der Waals surface area (Å²) in [7, 11) is 0. The Morgan fingerprint density at radius 1 is 0.972 bits per heavy atom. The van der Waals surface area contributed by atoms with Gasteiger partial charge in [0.1, 0.15) is 22.9 Å². The molecule has 3 N–H and O–H groups in total. The van der Waals surface area contributed by atoms with Crippen molar-refractivity contribution in [1.29, 1.82) is 0 Å². The standard InChI is InChI=1S/C26H22N8OS/c1-2-21-23(30-20(1)16-11-18(13-28-12-16)35-17-3-7-27-8-4-17)24(34-33-21)26-31-22-19(15-6-10-36-14-15)5-9-29-25(22)32-26/h1-2,5-6,9-14,17,27H,3-4,7-8H2,(H,33,34)(H,29,31,32). The number of imidazole rings is 1. The molecular weight excluding hydrogens is 472 g/mol. The first-order chi connectivity index (χ1) is 17.8. The normalized spacial score (nSPS) is 14.6. The molecule has 0 atom stereocenters. The molecule has 1 aliphatic heterocycles. The minimum Gasteiger partial charge on any atom is -0.489 e. The number of nitrogens with one attached hydrogen (secondary N) is 3. The Balaban J connectivity index is 1.26. The maximum Gasteiger partial charge on any atom is 0.162 e. The van der Waals surface area contributed by atoms with Gasteiger partial charge in [0.05, 0.1) is 17.4 Å². The number of hydrogen-bond donors (Lipinski definition) is 3. The Labute approximate surface area is 210 Å². The first-order valence-corrected chi connectivity index (χ1v) is 12.8. The van der Waals surface area contributed by atoms with Crippen molar-refractivity contribution in [1.82, 2.24) is 40.4 Å². The van der Waals surface area contributed by atoms with Crippen LogP contribution in [-0.2, 0) is 0 Å². The topological polar surface area (TPSA) is 117 Å². The number of pyridine rings is 3. The lowest BCUT2D eigenvalue weighted by Crippen LogP contribution is -2.34. The first-order valence-electron chi connectivity index (χ1n) is 11.9. The molecule has 1 fully saturated rings. The van der Waals surface area contributed by atoms with Gasteiger partial charge in [0.2, 0.25) is 0 Å². The van der Waals surface area contributed by atoms with Crippen LogP contribution >= 0.6 is 11.3 Å². The number of H-pyrrole nitrogens is 2. The van der Waals surface area contributed by atoms with Gasteiger partial charge in [-0.15, -0.1) is 0 Å². The molecule has 0 radical (unpaired) electrons. The Bertz CT molecular complexity index is 1670. The van der Waals surface area contributed by atoms with Crippen LogP contribution in [0.25, 0.3) is 56.1 Å². The molecule has 6 aromatic rings. The summed E-state index contributed by atoms with van der Waals surface area (Å²) in [6.07, 6.45) is 7.56. The van der Waals surface area contributed by atoms with Crippen LogP contribution in [0.1, 0.15) is 12.8 Å². The Hall–Kier alpha value is -4.15. The van der Waals surface area contributed by atoms with Gasteiger partial charge < -0.3 is 15.0 Å². The van der Waals surface area contributed by atoms with Gasteiger partial charge in [-0.05, 0) is 72.6 Å². The van der Waals surface area contributed by atoms with Crippen molar-refractivity contribution in [2.45, 2.75) is 18.9 Å². The zero-order chi connectivity index (χ0) is 23.9. The predicted octanol–water partition coefficient (Wildman–Crippen LogP) is 4.82. The highest BCUT2D eigenvalue weighted by Crippen LogP contribution is 2.32. The van der Waals surface area contributed by atoms with Crippen molar-refractivity contribution in [3.63, 3.8) is 0 Å². The smallest absolute Gasteiger partial charge is 0.162 e. The van der Waals surface area contributed by atoms with E-state index in [1.54, 1.807) is 29.9 Å². The van der Waals surface area contributed by atoms with Crippen LogP contribution in [0, 0.1) is 0 Å². The lowest BCUT2D eigenvalue weighted by Gasteiger charge is -2.23. The molecule has 0 bridgehead atoms. The molecule has 0 unspecified atom stereocenters.